The van der Waals surface area contributed by atoms with Crippen LogP contribution < -0.4 is 16.0 Å². The molecule has 0 spiro atoms. The van der Waals surface area contributed by atoms with E-state index in [1.54, 1.807) is 14.2 Å². The number of carbonyl (C=O) groups is 1. The summed E-state index contributed by atoms with van der Waals surface area (Å²) >= 11 is 0. The summed E-state index contributed by atoms with van der Waals surface area (Å²) in [5, 5.41) is 8.96. The number of hydrogen-bond acceptors (Lipinski definition) is 3. The van der Waals surface area contributed by atoms with Crippen molar-refractivity contribution in [2.24, 2.45) is 4.99 Å². The minimum atomic E-state index is -0.0869. The van der Waals surface area contributed by atoms with Crippen molar-refractivity contribution >= 4 is 11.9 Å². The lowest BCUT2D eigenvalue weighted by Gasteiger charge is -2.16. The first-order chi connectivity index (χ1) is 10.7. The number of guanidine groups is 1. The molecular formula is C16H26N4O2. The van der Waals surface area contributed by atoms with E-state index in [9.17, 15) is 4.79 Å². The zero-order valence-corrected chi connectivity index (χ0v) is 13.6. The zero-order valence-electron chi connectivity index (χ0n) is 13.6. The number of rotatable bonds is 8. The molecule has 0 saturated carbocycles. The Hall–Kier alpha value is -2.08. The Morgan fingerprint density at radius 1 is 1.23 bits per heavy atom. The van der Waals surface area contributed by atoms with Crippen LogP contribution in [0.15, 0.2) is 35.3 Å². The smallest absolute Gasteiger partial charge is 0.239 e. The van der Waals surface area contributed by atoms with Crippen molar-refractivity contribution in [1.29, 1.82) is 0 Å². The van der Waals surface area contributed by atoms with E-state index in [1.165, 1.54) is 5.56 Å². The van der Waals surface area contributed by atoms with Crippen molar-refractivity contribution in [2.45, 2.75) is 12.8 Å². The van der Waals surface area contributed by atoms with Crippen LogP contribution in [0.5, 0.6) is 0 Å². The van der Waals surface area contributed by atoms with Gasteiger partial charge in [0.1, 0.15) is 0 Å². The van der Waals surface area contributed by atoms with Gasteiger partial charge in [-0.1, -0.05) is 37.3 Å². The molecule has 0 fully saturated rings. The Labute approximate surface area is 132 Å². The van der Waals surface area contributed by atoms with Gasteiger partial charge in [-0.05, 0) is 11.5 Å². The average molecular weight is 306 g/mol. The Bertz CT molecular complexity index is 462. The van der Waals surface area contributed by atoms with Crippen molar-refractivity contribution in [3.8, 4) is 0 Å². The number of aliphatic imine (C=N–C) groups is 1. The van der Waals surface area contributed by atoms with Gasteiger partial charge in [-0.3, -0.25) is 9.79 Å². The van der Waals surface area contributed by atoms with Crippen molar-refractivity contribution < 1.29 is 9.53 Å². The van der Waals surface area contributed by atoms with Crippen LogP contribution in [0.25, 0.3) is 0 Å². The molecule has 0 aliphatic heterocycles. The average Bonchev–Trinajstić information content (AvgIpc) is 2.55. The van der Waals surface area contributed by atoms with E-state index >= 15 is 0 Å². The summed E-state index contributed by atoms with van der Waals surface area (Å²) < 4.78 is 4.87. The Kier molecular flexibility index (Phi) is 8.67. The van der Waals surface area contributed by atoms with Crippen molar-refractivity contribution in [1.82, 2.24) is 16.0 Å². The third kappa shape index (κ3) is 7.08. The number of carbonyl (C=O) groups excluding carboxylic acids is 1. The van der Waals surface area contributed by atoms with E-state index in [-0.39, 0.29) is 12.5 Å². The summed E-state index contributed by atoms with van der Waals surface area (Å²) in [6.45, 7) is 4.09. The highest BCUT2D eigenvalue weighted by atomic mass is 16.5. The Morgan fingerprint density at radius 3 is 2.59 bits per heavy atom. The predicted molar refractivity (Wildman–Crippen MR) is 89.1 cm³/mol. The molecule has 1 aromatic carbocycles. The van der Waals surface area contributed by atoms with E-state index < -0.39 is 0 Å². The van der Waals surface area contributed by atoms with Gasteiger partial charge >= 0.3 is 0 Å². The van der Waals surface area contributed by atoms with Gasteiger partial charge in [0, 0.05) is 27.2 Å². The molecule has 122 valence electrons. The second-order valence-electron chi connectivity index (χ2n) is 4.96. The number of amides is 1. The highest BCUT2D eigenvalue weighted by Gasteiger charge is 2.07. The first-order valence-corrected chi connectivity index (χ1v) is 7.42. The summed E-state index contributed by atoms with van der Waals surface area (Å²) in [4.78, 5) is 15.7. The summed E-state index contributed by atoms with van der Waals surface area (Å²) in [5.41, 5.74) is 1.27. The highest BCUT2D eigenvalue weighted by molar-refractivity contribution is 5.86. The second-order valence-corrected chi connectivity index (χ2v) is 4.96. The topological polar surface area (TPSA) is 74.8 Å². The van der Waals surface area contributed by atoms with Crippen LogP contribution in [-0.2, 0) is 9.53 Å². The standard InChI is InChI=1S/C16H26N4O2/c1-13(14-7-5-4-6-8-14)11-19-16(17-2)20-12-15(21)18-9-10-22-3/h4-8,13H,9-12H2,1-3H3,(H,18,21)(H2,17,19,20). The third-order valence-corrected chi connectivity index (χ3v) is 3.21. The van der Waals surface area contributed by atoms with Gasteiger partial charge in [-0.25, -0.2) is 0 Å². The lowest BCUT2D eigenvalue weighted by molar-refractivity contribution is -0.120. The number of ether oxygens (including phenoxy) is 1. The molecule has 0 heterocycles. The molecule has 1 aromatic rings. The van der Waals surface area contributed by atoms with E-state index in [0.29, 0.717) is 25.0 Å². The minimum Gasteiger partial charge on any atom is -0.383 e. The van der Waals surface area contributed by atoms with Crippen LogP contribution in [-0.4, -0.2) is 52.3 Å². The molecule has 1 atom stereocenters. The molecule has 22 heavy (non-hydrogen) atoms. The van der Waals surface area contributed by atoms with Gasteiger partial charge in [0.15, 0.2) is 5.96 Å². The van der Waals surface area contributed by atoms with Crippen LogP contribution in [0.4, 0.5) is 0 Å². The van der Waals surface area contributed by atoms with Crippen molar-refractivity contribution in [3.05, 3.63) is 35.9 Å². The molecule has 0 radical (unpaired) electrons. The number of nitrogens with zero attached hydrogens (tertiary/aromatic N) is 1. The fraction of sp³-hybridized carbons (Fsp3) is 0.500. The predicted octanol–water partition coefficient (Wildman–Crippen LogP) is 0.718. The molecule has 1 rings (SSSR count). The monoisotopic (exact) mass is 306 g/mol. The molecular weight excluding hydrogens is 280 g/mol. The molecule has 3 N–H and O–H groups in total. The molecule has 0 saturated heterocycles. The largest absolute Gasteiger partial charge is 0.383 e. The van der Waals surface area contributed by atoms with Gasteiger partial charge < -0.3 is 20.7 Å². The molecule has 0 aromatic heterocycles. The van der Waals surface area contributed by atoms with E-state index in [1.807, 2.05) is 18.2 Å². The number of benzene rings is 1. The molecule has 0 bridgehead atoms. The second kappa shape index (κ2) is 10.6. The van der Waals surface area contributed by atoms with Gasteiger partial charge in [0.25, 0.3) is 0 Å². The molecule has 6 nitrogen and oxygen atoms in total. The maximum Gasteiger partial charge on any atom is 0.239 e. The molecule has 0 aliphatic carbocycles. The third-order valence-electron chi connectivity index (χ3n) is 3.21. The van der Waals surface area contributed by atoms with Crippen molar-refractivity contribution in [2.75, 3.05) is 40.4 Å². The fourth-order valence-corrected chi connectivity index (χ4v) is 1.89. The SMILES string of the molecule is CN=C(NCC(=O)NCCOC)NCC(C)c1ccccc1. The maximum atomic E-state index is 11.6. The number of hydrogen-bond donors (Lipinski definition) is 3. The van der Waals surface area contributed by atoms with Gasteiger partial charge in [0.2, 0.25) is 5.91 Å². The highest BCUT2D eigenvalue weighted by Crippen LogP contribution is 2.12. The van der Waals surface area contributed by atoms with E-state index in [0.717, 1.165) is 6.54 Å². The lowest BCUT2D eigenvalue weighted by atomic mass is 10.0. The lowest BCUT2D eigenvalue weighted by Crippen LogP contribution is -2.44. The maximum absolute atomic E-state index is 11.6. The van der Waals surface area contributed by atoms with Crippen molar-refractivity contribution in [3.63, 3.8) is 0 Å². The Morgan fingerprint density at radius 2 is 1.95 bits per heavy atom. The zero-order chi connectivity index (χ0) is 16.2. The summed E-state index contributed by atoms with van der Waals surface area (Å²) in [6.07, 6.45) is 0. The summed E-state index contributed by atoms with van der Waals surface area (Å²) in [5.74, 6) is 0.885. The number of nitrogens with one attached hydrogen (secondary N) is 3. The normalized spacial score (nSPS) is 12.6. The molecule has 1 unspecified atom stereocenters. The first-order valence-electron chi connectivity index (χ1n) is 7.42. The van der Waals surface area contributed by atoms with Crippen LogP contribution >= 0.6 is 0 Å². The van der Waals surface area contributed by atoms with Gasteiger partial charge in [0.05, 0.1) is 13.2 Å². The minimum absolute atomic E-state index is 0.0869. The molecule has 6 heteroatoms. The van der Waals surface area contributed by atoms with E-state index in [4.69, 9.17) is 4.74 Å². The molecule has 0 aliphatic rings. The number of methoxy groups -OCH3 is 1. The van der Waals surface area contributed by atoms with Gasteiger partial charge in [-0.15, -0.1) is 0 Å². The van der Waals surface area contributed by atoms with E-state index in [2.05, 4.69) is 40.0 Å². The van der Waals surface area contributed by atoms with Crippen LogP contribution in [0.2, 0.25) is 0 Å². The van der Waals surface area contributed by atoms with Crippen LogP contribution in [0.1, 0.15) is 18.4 Å². The first kappa shape index (κ1) is 18.0. The summed E-state index contributed by atoms with van der Waals surface area (Å²) in [7, 11) is 3.29. The Balaban J connectivity index is 2.29. The summed E-state index contributed by atoms with van der Waals surface area (Å²) in [6, 6.07) is 10.3. The van der Waals surface area contributed by atoms with Crippen LogP contribution in [0, 0.1) is 0 Å². The fourth-order valence-electron chi connectivity index (χ4n) is 1.89. The molecule has 1 amide bonds. The van der Waals surface area contributed by atoms with Gasteiger partial charge in [-0.2, -0.15) is 0 Å². The quantitative estimate of drug-likeness (QED) is 0.376. The van der Waals surface area contributed by atoms with Crippen LogP contribution in [0.3, 0.4) is 0 Å².